The van der Waals surface area contributed by atoms with Crippen molar-refractivity contribution in [3.63, 3.8) is 0 Å². The standard InChI is InChI=1S/C27H27ClN4O3/c1-27(2,3)35-26(34)31-11-10-23-21(16-31)20-7-6-19(14-24(20)30(23)4)32-12-9-17(13-25(32)33)22-8-5-18(28)15-29-22/h5-9,12-15H,10-11,16H2,1-4H3. The third-order valence-corrected chi connectivity index (χ3v) is 6.48. The number of pyridine rings is 2. The molecule has 35 heavy (non-hydrogen) atoms. The fourth-order valence-corrected chi connectivity index (χ4v) is 4.70. The summed E-state index contributed by atoms with van der Waals surface area (Å²) < 4.78 is 9.37. The number of nitrogens with zero attached hydrogens (tertiary/aromatic N) is 4. The van der Waals surface area contributed by atoms with Gasteiger partial charge in [-0.2, -0.15) is 0 Å². The number of carbonyl (C=O) groups excluding carboxylic acids is 1. The molecule has 5 rings (SSSR count). The Bertz CT molecular complexity index is 1500. The van der Waals surface area contributed by atoms with Crippen LogP contribution in [0.3, 0.4) is 0 Å². The second kappa shape index (κ2) is 8.57. The van der Waals surface area contributed by atoms with Crippen LogP contribution in [0.1, 0.15) is 32.0 Å². The number of aromatic nitrogens is 3. The average Bonchev–Trinajstić information content (AvgIpc) is 3.09. The van der Waals surface area contributed by atoms with Crippen LogP contribution in [0.4, 0.5) is 4.79 Å². The average molecular weight is 491 g/mol. The highest BCUT2D eigenvalue weighted by Crippen LogP contribution is 2.32. The maximum Gasteiger partial charge on any atom is 0.410 e. The van der Waals surface area contributed by atoms with E-state index < -0.39 is 5.60 Å². The van der Waals surface area contributed by atoms with Crippen molar-refractivity contribution >= 4 is 28.6 Å². The summed E-state index contributed by atoms with van der Waals surface area (Å²) in [6.45, 7) is 6.74. The van der Waals surface area contributed by atoms with Crippen molar-refractivity contribution < 1.29 is 9.53 Å². The molecule has 0 N–H and O–H groups in total. The van der Waals surface area contributed by atoms with Crippen LogP contribution >= 0.6 is 11.6 Å². The summed E-state index contributed by atoms with van der Waals surface area (Å²) in [5.74, 6) is 0. The maximum absolute atomic E-state index is 13.0. The van der Waals surface area contributed by atoms with E-state index in [2.05, 4.69) is 9.55 Å². The van der Waals surface area contributed by atoms with Gasteiger partial charge in [0.15, 0.2) is 0 Å². The number of fused-ring (bicyclic) bond motifs is 3. The fraction of sp³-hybridized carbons (Fsp3) is 0.296. The summed E-state index contributed by atoms with van der Waals surface area (Å²) >= 11 is 5.93. The van der Waals surface area contributed by atoms with Crippen LogP contribution in [0.2, 0.25) is 5.02 Å². The topological polar surface area (TPSA) is 69.4 Å². The molecule has 0 saturated heterocycles. The van der Waals surface area contributed by atoms with E-state index in [-0.39, 0.29) is 11.7 Å². The molecule has 1 aromatic carbocycles. The number of ether oxygens (including phenoxy) is 1. The van der Waals surface area contributed by atoms with E-state index in [9.17, 15) is 9.59 Å². The fourth-order valence-electron chi connectivity index (χ4n) is 4.59. The van der Waals surface area contributed by atoms with Crippen molar-refractivity contribution in [3.05, 3.63) is 81.5 Å². The number of carbonyl (C=O) groups is 1. The first kappa shape index (κ1) is 23.2. The minimum Gasteiger partial charge on any atom is -0.444 e. The summed E-state index contributed by atoms with van der Waals surface area (Å²) in [6, 6.07) is 13.0. The molecule has 0 unspecified atom stereocenters. The van der Waals surface area contributed by atoms with E-state index in [4.69, 9.17) is 16.3 Å². The zero-order chi connectivity index (χ0) is 24.9. The molecule has 3 aromatic heterocycles. The van der Waals surface area contributed by atoms with Gasteiger partial charge in [0.2, 0.25) is 0 Å². The number of hydrogen-bond acceptors (Lipinski definition) is 4. The third kappa shape index (κ3) is 4.44. The molecular formula is C27H27ClN4O3. The highest BCUT2D eigenvalue weighted by atomic mass is 35.5. The first-order valence-electron chi connectivity index (χ1n) is 11.5. The van der Waals surface area contributed by atoms with Gasteiger partial charge in [0.05, 0.1) is 28.5 Å². The summed E-state index contributed by atoms with van der Waals surface area (Å²) in [4.78, 5) is 31.7. The number of amides is 1. The highest BCUT2D eigenvalue weighted by molar-refractivity contribution is 6.30. The largest absolute Gasteiger partial charge is 0.444 e. The summed E-state index contributed by atoms with van der Waals surface area (Å²) in [5.41, 5.74) is 4.88. The van der Waals surface area contributed by atoms with Gasteiger partial charge in [-0.05, 0) is 51.1 Å². The molecule has 0 aliphatic carbocycles. The zero-order valence-electron chi connectivity index (χ0n) is 20.2. The molecule has 4 heterocycles. The van der Waals surface area contributed by atoms with E-state index in [1.165, 1.54) is 5.69 Å². The quantitative estimate of drug-likeness (QED) is 0.380. The van der Waals surface area contributed by atoms with E-state index in [1.807, 2.05) is 52.1 Å². The molecule has 0 atom stereocenters. The Kier molecular flexibility index (Phi) is 5.68. The van der Waals surface area contributed by atoms with Gasteiger partial charge in [-0.25, -0.2) is 4.79 Å². The van der Waals surface area contributed by atoms with Gasteiger partial charge in [-0.15, -0.1) is 0 Å². The molecule has 0 fully saturated rings. The first-order valence-corrected chi connectivity index (χ1v) is 11.9. The second-order valence-corrected chi connectivity index (χ2v) is 10.3. The summed E-state index contributed by atoms with van der Waals surface area (Å²) in [5, 5.41) is 1.63. The van der Waals surface area contributed by atoms with Gasteiger partial charge >= 0.3 is 6.09 Å². The monoisotopic (exact) mass is 490 g/mol. The molecule has 4 aromatic rings. The highest BCUT2D eigenvalue weighted by Gasteiger charge is 2.29. The molecular weight excluding hydrogens is 464 g/mol. The van der Waals surface area contributed by atoms with Crippen LogP contribution in [-0.2, 0) is 24.8 Å². The molecule has 8 heteroatoms. The van der Waals surface area contributed by atoms with E-state index in [0.717, 1.165) is 34.1 Å². The Labute approximate surface area is 208 Å². The Morgan fingerprint density at radius 1 is 1.11 bits per heavy atom. The van der Waals surface area contributed by atoms with Gasteiger partial charge in [-0.1, -0.05) is 17.7 Å². The van der Waals surface area contributed by atoms with Gasteiger partial charge in [-0.3, -0.25) is 14.3 Å². The first-order chi connectivity index (χ1) is 16.6. The lowest BCUT2D eigenvalue weighted by Gasteiger charge is -2.30. The molecule has 1 aliphatic heterocycles. The SMILES string of the molecule is Cn1c2c(c3ccc(-n4ccc(-c5ccc(Cl)cn5)cc4=O)cc31)CN(C(=O)OC(C)(C)C)CC2. The van der Waals surface area contributed by atoms with Crippen LogP contribution in [0.15, 0.2) is 59.7 Å². The third-order valence-electron chi connectivity index (χ3n) is 6.26. The van der Waals surface area contributed by atoms with Crippen LogP contribution in [0.5, 0.6) is 0 Å². The molecule has 1 amide bonds. The van der Waals surface area contributed by atoms with Crippen molar-refractivity contribution in [2.75, 3.05) is 6.54 Å². The van der Waals surface area contributed by atoms with Crippen molar-refractivity contribution in [2.45, 2.75) is 39.3 Å². The number of rotatable bonds is 2. The van der Waals surface area contributed by atoms with Crippen LogP contribution in [0.25, 0.3) is 27.8 Å². The molecule has 1 aliphatic rings. The van der Waals surface area contributed by atoms with Crippen LogP contribution in [-0.4, -0.2) is 37.3 Å². The Hall–Kier alpha value is -3.58. The molecule has 180 valence electrons. The molecule has 0 saturated carbocycles. The van der Waals surface area contributed by atoms with Gasteiger partial charge in [0, 0.05) is 60.7 Å². The van der Waals surface area contributed by atoms with Crippen LogP contribution in [0, 0.1) is 0 Å². The molecule has 0 radical (unpaired) electrons. The van der Waals surface area contributed by atoms with E-state index in [0.29, 0.717) is 23.8 Å². The Morgan fingerprint density at radius 3 is 2.60 bits per heavy atom. The van der Waals surface area contributed by atoms with Crippen molar-refractivity contribution in [2.24, 2.45) is 7.05 Å². The minimum atomic E-state index is -0.530. The van der Waals surface area contributed by atoms with Gasteiger partial charge in [0.25, 0.3) is 5.56 Å². The number of benzene rings is 1. The lowest BCUT2D eigenvalue weighted by molar-refractivity contribution is 0.0223. The Morgan fingerprint density at radius 2 is 1.91 bits per heavy atom. The second-order valence-electron chi connectivity index (χ2n) is 9.82. The van der Waals surface area contributed by atoms with Gasteiger partial charge < -0.3 is 14.2 Å². The maximum atomic E-state index is 13.0. The molecule has 0 bridgehead atoms. The normalized spacial score (nSPS) is 13.7. The van der Waals surface area contributed by atoms with E-state index in [1.54, 1.807) is 40.1 Å². The van der Waals surface area contributed by atoms with E-state index >= 15 is 0 Å². The lowest BCUT2D eigenvalue weighted by atomic mass is 10.0. The zero-order valence-corrected chi connectivity index (χ0v) is 21.0. The number of aryl methyl sites for hydroxylation is 1. The smallest absolute Gasteiger partial charge is 0.410 e. The lowest BCUT2D eigenvalue weighted by Crippen LogP contribution is -2.40. The van der Waals surface area contributed by atoms with Crippen LogP contribution < -0.4 is 5.56 Å². The summed E-state index contributed by atoms with van der Waals surface area (Å²) in [7, 11) is 2.03. The summed E-state index contributed by atoms with van der Waals surface area (Å²) in [6.07, 6.45) is 3.79. The predicted octanol–water partition coefficient (Wildman–Crippen LogP) is 5.34. The van der Waals surface area contributed by atoms with Crippen molar-refractivity contribution in [3.8, 4) is 16.9 Å². The predicted molar refractivity (Wildman–Crippen MR) is 137 cm³/mol. The van der Waals surface area contributed by atoms with Gasteiger partial charge in [0.1, 0.15) is 5.60 Å². The minimum absolute atomic E-state index is 0.145. The molecule has 0 spiro atoms. The van der Waals surface area contributed by atoms with Crippen molar-refractivity contribution in [1.29, 1.82) is 0 Å². The molecule has 7 nitrogen and oxygen atoms in total. The Balaban J connectivity index is 1.48. The number of halogens is 1. The number of hydrogen-bond donors (Lipinski definition) is 0. The van der Waals surface area contributed by atoms with Crippen molar-refractivity contribution in [1.82, 2.24) is 19.0 Å².